The lowest BCUT2D eigenvalue weighted by Crippen LogP contribution is -2.58. The topological polar surface area (TPSA) is 311 Å². The van der Waals surface area contributed by atoms with Crippen LogP contribution >= 0.6 is 0 Å². The van der Waals surface area contributed by atoms with Crippen LogP contribution in [0.3, 0.4) is 0 Å². The molecule has 2 aliphatic heterocycles. The maximum Gasteiger partial charge on any atom is 0.305 e. The second-order valence-corrected chi connectivity index (χ2v) is 12.5. The first-order valence-electron chi connectivity index (χ1n) is 17.4. The second-order valence-electron chi connectivity index (χ2n) is 12.5. The molecule has 0 aliphatic carbocycles. The lowest BCUT2D eigenvalue weighted by molar-refractivity contribution is -0.141. The fraction of sp³-hybridized carbons (Fsp3) is 0.471. The Hall–Kier alpha value is -6.34. The van der Waals surface area contributed by atoms with Gasteiger partial charge in [-0.05, 0) is 37.7 Å². The molecule has 8 amide bonds. The first-order chi connectivity index (χ1) is 25.7. The molecular formula is C34H46N10O10. The van der Waals surface area contributed by atoms with E-state index in [4.69, 9.17) is 11.1 Å². The van der Waals surface area contributed by atoms with Crippen LogP contribution in [0.5, 0.6) is 0 Å². The zero-order valence-corrected chi connectivity index (χ0v) is 29.5. The fourth-order valence-electron chi connectivity index (χ4n) is 5.52. The maximum atomic E-state index is 13.8. The van der Waals surface area contributed by atoms with Gasteiger partial charge in [0.1, 0.15) is 24.2 Å². The van der Waals surface area contributed by atoms with Crippen molar-refractivity contribution in [2.45, 2.75) is 75.5 Å². The molecule has 292 valence electrons. The number of nitrogens with zero attached hydrogens (tertiary/aromatic N) is 1. The van der Waals surface area contributed by atoms with Crippen LogP contribution in [0.1, 0.15) is 50.5 Å². The molecule has 0 spiro atoms. The number of imide groups is 1. The van der Waals surface area contributed by atoms with Crippen LogP contribution in [0.25, 0.3) is 0 Å². The summed E-state index contributed by atoms with van der Waals surface area (Å²) in [6.07, 6.45) is 2.13. The lowest BCUT2D eigenvalue weighted by atomic mass is 10.0. The summed E-state index contributed by atoms with van der Waals surface area (Å²) in [4.78, 5) is 115. The maximum absolute atomic E-state index is 13.8. The number of aliphatic carboxylic acids is 1. The van der Waals surface area contributed by atoms with Crippen molar-refractivity contribution >= 4 is 59.2 Å². The number of amides is 8. The molecule has 1 aromatic rings. The van der Waals surface area contributed by atoms with Gasteiger partial charge in [0.05, 0.1) is 13.0 Å². The zero-order chi connectivity index (χ0) is 39.6. The second kappa shape index (κ2) is 21.2. The summed E-state index contributed by atoms with van der Waals surface area (Å²) >= 11 is 0. The first kappa shape index (κ1) is 42.1. The number of carboxylic acid groups (broad SMARTS) is 1. The molecule has 0 radical (unpaired) electrons. The monoisotopic (exact) mass is 754 g/mol. The quantitative estimate of drug-likeness (QED) is 0.0343. The minimum Gasteiger partial charge on any atom is -0.481 e. The van der Waals surface area contributed by atoms with Gasteiger partial charge in [-0.15, -0.1) is 0 Å². The SMILES string of the molecule is N=C(N)NCCCC1NC(=O)C(CCCCNC(=O)CCN2C(=O)C=CC2=O)NC(=O)[C@@H](Cc2ccccc2)NC(=O)C(CC(=O)O)NC(=O)CNC1=O. The molecule has 0 saturated carbocycles. The Kier molecular flexibility index (Phi) is 16.6. The van der Waals surface area contributed by atoms with Gasteiger partial charge in [0.2, 0.25) is 35.4 Å². The summed E-state index contributed by atoms with van der Waals surface area (Å²) in [6, 6.07) is 3.14. The van der Waals surface area contributed by atoms with Crippen molar-refractivity contribution in [2.75, 3.05) is 26.2 Å². The van der Waals surface area contributed by atoms with Crippen molar-refractivity contribution in [2.24, 2.45) is 5.73 Å². The lowest BCUT2D eigenvalue weighted by Gasteiger charge is -2.26. The Morgan fingerprint density at radius 2 is 1.33 bits per heavy atom. The Morgan fingerprint density at radius 1 is 0.759 bits per heavy atom. The third kappa shape index (κ3) is 14.4. The number of benzene rings is 1. The Balaban J connectivity index is 1.80. The molecule has 0 aromatic heterocycles. The summed E-state index contributed by atoms with van der Waals surface area (Å²) < 4.78 is 0. The number of rotatable bonds is 16. The third-order valence-corrected chi connectivity index (χ3v) is 8.33. The van der Waals surface area contributed by atoms with E-state index < -0.39 is 90.4 Å². The van der Waals surface area contributed by atoms with Gasteiger partial charge in [-0.3, -0.25) is 53.5 Å². The molecule has 1 fully saturated rings. The zero-order valence-electron chi connectivity index (χ0n) is 29.5. The number of nitrogens with one attached hydrogen (secondary N) is 8. The summed E-state index contributed by atoms with van der Waals surface area (Å²) in [7, 11) is 0. The number of hydrogen-bond donors (Lipinski definition) is 10. The molecule has 20 nitrogen and oxygen atoms in total. The number of hydrogen-bond acceptors (Lipinski definition) is 10. The minimum atomic E-state index is -1.62. The number of guanidine groups is 1. The van der Waals surface area contributed by atoms with Gasteiger partial charge in [-0.2, -0.15) is 0 Å². The smallest absolute Gasteiger partial charge is 0.305 e. The van der Waals surface area contributed by atoms with Gasteiger partial charge in [-0.25, -0.2) is 0 Å². The van der Waals surface area contributed by atoms with E-state index in [-0.39, 0.29) is 64.1 Å². The highest BCUT2D eigenvalue weighted by Crippen LogP contribution is 2.10. The number of unbranched alkanes of at least 4 members (excludes halogenated alkanes) is 1. The molecule has 3 rings (SSSR count). The number of carbonyl (C=O) groups excluding carboxylic acids is 8. The number of nitrogens with two attached hydrogens (primary N) is 1. The van der Waals surface area contributed by atoms with Gasteiger partial charge < -0.3 is 48.1 Å². The molecule has 0 bridgehead atoms. The molecule has 1 aromatic carbocycles. The van der Waals surface area contributed by atoms with E-state index in [0.717, 1.165) is 17.1 Å². The predicted molar refractivity (Wildman–Crippen MR) is 190 cm³/mol. The van der Waals surface area contributed by atoms with Crippen LogP contribution < -0.4 is 43.0 Å². The average Bonchev–Trinajstić information content (AvgIpc) is 3.44. The Bertz CT molecular complexity index is 1600. The predicted octanol–water partition coefficient (Wildman–Crippen LogP) is -3.36. The van der Waals surface area contributed by atoms with E-state index >= 15 is 0 Å². The molecule has 2 aliphatic rings. The van der Waals surface area contributed by atoms with Crippen molar-refractivity contribution in [1.29, 1.82) is 5.41 Å². The summed E-state index contributed by atoms with van der Waals surface area (Å²) in [5.41, 5.74) is 5.95. The Labute approximate surface area is 310 Å². The van der Waals surface area contributed by atoms with Gasteiger partial charge in [0.15, 0.2) is 5.96 Å². The van der Waals surface area contributed by atoms with Gasteiger partial charge >= 0.3 is 5.97 Å². The van der Waals surface area contributed by atoms with E-state index in [0.29, 0.717) is 12.0 Å². The van der Waals surface area contributed by atoms with E-state index in [1.165, 1.54) is 0 Å². The molecule has 11 N–H and O–H groups in total. The molecule has 54 heavy (non-hydrogen) atoms. The van der Waals surface area contributed by atoms with E-state index in [1.807, 2.05) is 0 Å². The van der Waals surface area contributed by atoms with Gasteiger partial charge in [-0.1, -0.05) is 30.3 Å². The van der Waals surface area contributed by atoms with Crippen LogP contribution in [-0.2, 0) is 49.6 Å². The number of carboxylic acids is 1. The third-order valence-electron chi connectivity index (χ3n) is 8.33. The average molecular weight is 755 g/mol. The Morgan fingerprint density at radius 3 is 1.98 bits per heavy atom. The van der Waals surface area contributed by atoms with Crippen molar-refractivity contribution < 1.29 is 48.3 Å². The highest BCUT2D eigenvalue weighted by Gasteiger charge is 2.33. The van der Waals surface area contributed by atoms with E-state index in [1.54, 1.807) is 30.3 Å². The number of carbonyl (C=O) groups is 9. The highest BCUT2D eigenvalue weighted by atomic mass is 16.4. The van der Waals surface area contributed by atoms with E-state index in [2.05, 4.69) is 37.2 Å². The van der Waals surface area contributed by atoms with Crippen molar-refractivity contribution in [3.63, 3.8) is 0 Å². The van der Waals surface area contributed by atoms with Crippen LogP contribution in [0.15, 0.2) is 42.5 Å². The highest BCUT2D eigenvalue weighted by molar-refractivity contribution is 6.13. The van der Waals surface area contributed by atoms with E-state index in [9.17, 15) is 48.3 Å². The fourth-order valence-corrected chi connectivity index (χ4v) is 5.52. The van der Waals surface area contributed by atoms with Gasteiger partial charge in [0, 0.05) is 44.6 Å². The summed E-state index contributed by atoms with van der Waals surface area (Å²) in [5, 5.41) is 34.5. The van der Waals surface area contributed by atoms with Crippen LogP contribution in [0.2, 0.25) is 0 Å². The largest absolute Gasteiger partial charge is 0.481 e. The van der Waals surface area contributed by atoms with Crippen molar-refractivity contribution in [3.8, 4) is 0 Å². The standard InChI is InChI=1S/C34H46N10O10/c35-34(36)38-15-6-10-21-30(51)39-19-26(46)40-24(18-29(49)50)33(54)43-23(17-20-7-2-1-3-8-20)32(53)42-22(31(52)41-21)9-4-5-14-37-25(45)13-16-44-27(47)11-12-28(44)48/h1-3,7-8,11-12,21-24H,4-6,9-10,13-19H2,(H,37,45)(H,39,51)(H,40,46)(H,41,52)(H,42,53)(H,43,54)(H,49,50)(H4,35,36,38)/t21?,22?,23-,24?/m1/s1. The van der Waals surface area contributed by atoms with Crippen LogP contribution in [0.4, 0.5) is 0 Å². The molecule has 2 heterocycles. The molecular weight excluding hydrogens is 708 g/mol. The molecule has 1 saturated heterocycles. The van der Waals surface area contributed by atoms with Crippen molar-refractivity contribution in [1.82, 2.24) is 42.1 Å². The minimum absolute atomic E-state index is 0.0177. The molecule has 20 heteroatoms. The summed E-state index contributed by atoms with van der Waals surface area (Å²) in [5.74, 6) is -7.36. The first-order valence-corrected chi connectivity index (χ1v) is 17.4. The van der Waals surface area contributed by atoms with Crippen LogP contribution in [0, 0.1) is 5.41 Å². The normalized spacial score (nSPS) is 21.1. The summed E-state index contributed by atoms with van der Waals surface area (Å²) in [6.45, 7) is -0.420. The molecule has 4 atom stereocenters. The van der Waals surface area contributed by atoms with Crippen LogP contribution in [-0.4, -0.2) is 120 Å². The molecule has 3 unspecified atom stereocenters. The van der Waals surface area contributed by atoms with Crippen molar-refractivity contribution in [3.05, 3.63) is 48.0 Å². The van der Waals surface area contributed by atoms with Gasteiger partial charge in [0.25, 0.3) is 11.8 Å².